The molecule has 6 nitrogen and oxygen atoms in total. The fraction of sp³-hybridized carbons (Fsp3) is 0.333. The molecule has 0 aliphatic carbocycles. The van der Waals surface area contributed by atoms with E-state index in [2.05, 4.69) is 50.5 Å². The molecule has 1 aromatic heterocycles. The van der Waals surface area contributed by atoms with Crippen molar-refractivity contribution in [2.45, 2.75) is 13.0 Å². The second-order valence-corrected chi connectivity index (χ2v) is 6.72. The van der Waals surface area contributed by atoms with Gasteiger partial charge in [-0.05, 0) is 41.5 Å². The van der Waals surface area contributed by atoms with Crippen LogP contribution < -0.4 is 15.0 Å². The fourth-order valence-corrected chi connectivity index (χ4v) is 3.45. The lowest BCUT2D eigenvalue weighted by atomic mass is 10.0. The maximum absolute atomic E-state index is 6.07. The van der Waals surface area contributed by atoms with Crippen molar-refractivity contribution in [2.75, 3.05) is 44.1 Å². The Kier molecular flexibility index (Phi) is 4.81. The summed E-state index contributed by atoms with van der Waals surface area (Å²) in [6, 6.07) is 14.6. The van der Waals surface area contributed by atoms with E-state index >= 15 is 0 Å². The third-order valence-corrected chi connectivity index (χ3v) is 4.90. The van der Waals surface area contributed by atoms with Crippen molar-refractivity contribution >= 4 is 22.5 Å². The molecule has 2 heterocycles. The molecule has 3 aromatic rings. The fourth-order valence-electron chi connectivity index (χ4n) is 3.45. The Morgan fingerprint density at radius 2 is 1.93 bits per heavy atom. The molecule has 0 unspecified atom stereocenters. The monoisotopic (exact) mass is 364 g/mol. The van der Waals surface area contributed by atoms with E-state index in [-0.39, 0.29) is 6.10 Å². The molecule has 140 valence electrons. The van der Waals surface area contributed by atoms with E-state index in [9.17, 15) is 0 Å². The van der Waals surface area contributed by atoms with Gasteiger partial charge in [0.1, 0.15) is 17.7 Å². The van der Waals surface area contributed by atoms with Crippen LogP contribution in [-0.2, 0) is 4.74 Å². The first-order valence-corrected chi connectivity index (χ1v) is 9.14. The van der Waals surface area contributed by atoms with Gasteiger partial charge in [-0.15, -0.1) is 0 Å². The number of anilines is 2. The minimum Gasteiger partial charge on any atom is -0.497 e. The van der Waals surface area contributed by atoms with Gasteiger partial charge in [0, 0.05) is 31.9 Å². The molecule has 4 rings (SSSR count). The molecule has 1 aliphatic heterocycles. The molecule has 0 amide bonds. The summed E-state index contributed by atoms with van der Waals surface area (Å²) >= 11 is 0. The Bertz CT molecular complexity index is 960. The van der Waals surface area contributed by atoms with Gasteiger partial charge in [0.05, 0.1) is 13.7 Å². The van der Waals surface area contributed by atoms with Crippen LogP contribution in [0.15, 0.2) is 42.5 Å². The highest BCUT2D eigenvalue weighted by Crippen LogP contribution is 2.29. The van der Waals surface area contributed by atoms with Crippen LogP contribution in [0.3, 0.4) is 0 Å². The minimum absolute atomic E-state index is 0.0126. The third kappa shape index (κ3) is 3.66. The zero-order valence-corrected chi connectivity index (χ0v) is 15.9. The Hall–Kier alpha value is -2.86. The normalized spacial score (nSPS) is 17.1. The number of morpholine rings is 1. The number of aryl methyl sites for hydroxylation is 1. The van der Waals surface area contributed by atoms with Gasteiger partial charge in [-0.2, -0.15) is 4.98 Å². The second-order valence-electron chi connectivity index (χ2n) is 6.72. The van der Waals surface area contributed by atoms with Crippen LogP contribution in [-0.4, -0.2) is 43.8 Å². The largest absolute Gasteiger partial charge is 0.497 e. The van der Waals surface area contributed by atoms with E-state index in [1.54, 1.807) is 7.11 Å². The van der Waals surface area contributed by atoms with Crippen molar-refractivity contribution in [3.05, 3.63) is 53.7 Å². The Balaban J connectivity index is 1.59. The first-order chi connectivity index (χ1) is 13.2. The van der Waals surface area contributed by atoms with E-state index in [1.807, 2.05) is 26.1 Å². The van der Waals surface area contributed by atoms with Crippen LogP contribution in [0.1, 0.15) is 17.4 Å². The molecular weight excluding hydrogens is 340 g/mol. The highest BCUT2D eigenvalue weighted by molar-refractivity contribution is 5.84. The molecule has 0 radical (unpaired) electrons. The number of methoxy groups -OCH3 is 1. The van der Waals surface area contributed by atoms with Gasteiger partial charge in [0.15, 0.2) is 0 Å². The SMILES string of the molecule is CNc1nc(C)cc(N2CCO[C@@H](c3ccc4cc(OC)ccc4c3)C2)n1. The summed E-state index contributed by atoms with van der Waals surface area (Å²) in [5, 5.41) is 5.38. The van der Waals surface area contributed by atoms with Crippen LogP contribution in [0.2, 0.25) is 0 Å². The summed E-state index contributed by atoms with van der Waals surface area (Å²) in [6.07, 6.45) is 0.0126. The van der Waals surface area contributed by atoms with Gasteiger partial charge in [0.25, 0.3) is 0 Å². The number of fused-ring (bicyclic) bond motifs is 1. The van der Waals surface area contributed by atoms with Crippen molar-refractivity contribution in [3.63, 3.8) is 0 Å². The first kappa shape index (κ1) is 17.5. The average Bonchev–Trinajstić information content (AvgIpc) is 2.72. The number of hydrogen-bond donors (Lipinski definition) is 1. The molecule has 0 bridgehead atoms. The number of nitrogens with zero attached hydrogens (tertiary/aromatic N) is 3. The molecule has 1 aliphatic rings. The van der Waals surface area contributed by atoms with Crippen molar-refractivity contribution in [3.8, 4) is 5.75 Å². The van der Waals surface area contributed by atoms with E-state index < -0.39 is 0 Å². The lowest BCUT2D eigenvalue weighted by Crippen LogP contribution is -2.39. The van der Waals surface area contributed by atoms with Crippen LogP contribution in [0.25, 0.3) is 10.8 Å². The first-order valence-electron chi connectivity index (χ1n) is 9.14. The summed E-state index contributed by atoms with van der Waals surface area (Å²) in [7, 11) is 3.53. The van der Waals surface area contributed by atoms with Crippen molar-refractivity contribution < 1.29 is 9.47 Å². The minimum atomic E-state index is 0.0126. The maximum atomic E-state index is 6.07. The Morgan fingerprint density at radius 3 is 2.74 bits per heavy atom. The number of rotatable bonds is 4. The zero-order valence-electron chi connectivity index (χ0n) is 15.9. The van der Waals surface area contributed by atoms with E-state index in [0.29, 0.717) is 12.6 Å². The molecule has 1 N–H and O–H groups in total. The van der Waals surface area contributed by atoms with Crippen molar-refractivity contribution in [1.82, 2.24) is 9.97 Å². The standard InChI is InChI=1S/C21H24N4O2/c1-14-10-20(24-21(22-2)23-14)25-8-9-27-19(13-25)17-5-4-16-12-18(26-3)7-6-15(16)11-17/h4-7,10-12,19H,8-9,13H2,1-3H3,(H,22,23,24)/t19-/m1/s1. The molecule has 0 spiro atoms. The van der Waals surface area contributed by atoms with Crippen molar-refractivity contribution in [1.29, 1.82) is 0 Å². The van der Waals surface area contributed by atoms with E-state index in [0.717, 1.165) is 35.7 Å². The number of ether oxygens (including phenoxy) is 2. The van der Waals surface area contributed by atoms with Crippen LogP contribution in [0.5, 0.6) is 5.75 Å². The Morgan fingerprint density at radius 1 is 1.11 bits per heavy atom. The zero-order chi connectivity index (χ0) is 18.8. The van der Waals surface area contributed by atoms with E-state index in [4.69, 9.17) is 9.47 Å². The molecule has 1 saturated heterocycles. The molecule has 1 fully saturated rings. The number of hydrogen-bond acceptors (Lipinski definition) is 6. The molecule has 2 aromatic carbocycles. The molecular formula is C21H24N4O2. The topological polar surface area (TPSA) is 59.5 Å². The van der Waals surface area contributed by atoms with Crippen LogP contribution >= 0.6 is 0 Å². The lowest BCUT2D eigenvalue weighted by Gasteiger charge is -2.34. The summed E-state index contributed by atoms with van der Waals surface area (Å²) in [5.41, 5.74) is 2.13. The van der Waals surface area contributed by atoms with Gasteiger partial charge in [-0.3, -0.25) is 0 Å². The number of benzene rings is 2. The van der Waals surface area contributed by atoms with Gasteiger partial charge >= 0.3 is 0 Å². The van der Waals surface area contributed by atoms with Gasteiger partial charge in [-0.1, -0.05) is 18.2 Å². The van der Waals surface area contributed by atoms with Crippen LogP contribution in [0.4, 0.5) is 11.8 Å². The van der Waals surface area contributed by atoms with Gasteiger partial charge in [0.2, 0.25) is 5.95 Å². The van der Waals surface area contributed by atoms with Crippen LogP contribution in [0, 0.1) is 6.92 Å². The third-order valence-electron chi connectivity index (χ3n) is 4.90. The molecule has 1 atom stereocenters. The highest BCUT2D eigenvalue weighted by atomic mass is 16.5. The van der Waals surface area contributed by atoms with Crippen molar-refractivity contribution in [2.24, 2.45) is 0 Å². The predicted molar refractivity (Wildman–Crippen MR) is 108 cm³/mol. The lowest BCUT2D eigenvalue weighted by molar-refractivity contribution is 0.0396. The number of aromatic nitrogens is 2. The Labute approximate surface area is 159 Å². The van der Waals surface area contributed by atoms with Gasteiger partial charge < -0.3 is 19.7 Å². The molecule has 27 heavy (non-hydrogen) atoms. The molecule has 6 heteroatoms. The smallest absolute Gasteiger partial charge is 0.224 e. The highest BCUT2D eigenvalue weighted by Gasteiger charge is 2.23. The number of nitrogens with one attached hydrogen (secondary N) is 1. The maximum Gasteiger partial charge on any atom is 0.224 e. The summed E-state index contributed by atoms with van der Waals surface area (Å²) in [4.78, 5) is 11.3. The molecule has 0 saturated carbocycles. The predicted octanol–water partition coefficient (Wildman–Crippen LogP) is 3.57. The van der Waals surface area contributed by atoms with E-state index in [1.165, 1.54) is 10.9 Å². The summed E-state index contributed by atoms with van der Waals surface area (Å²) in [5.74, 6) is 2.45. The quantitative estimate of drug-likeness (QED) is 0.764. The summed E-state index contributed by atoms with van der Waals surface area (Å²) in [6.45, 7) is 4.24. The van der Waals surface area contributed by atoms with Gasteiger partial charge in [-0.25, -0.2) is 4.98 Å². The average molecular weight is 364 g/mol. The second kappa shape index (κ2) is 7.40. The summed E-state index contributed by atoms with van der Waals surface area (Å²) < 4.78 is 11.4.